The van der Waals surface area contributed by atoms with Crippen LogP contribution in [0.5, 0.6) is 0 Å². The molecule has 4 aromatic heterocycles. The Bertz CT molecular complexity index is 2350. The third-order valence-electron chi connectivity index (χ3n) is 11.7. The topological polar surface area (TPSA) is 157 Å². The lowest BCUT2D eigenvalue weighted by Crippen LogP contribution is -2.48. The maximum absolute atomic E-state index is 14.1. The quantitative estimate of drug-likeness (QED) is 0.143. The van der Waals surface area contributed by atoms with Crippen molar-refractivity contribution in [3.63, 3.8) is 0 Å². The Morgan fingerprint density at radius 3 is 2.51 bits per heavy atom. The number of benzene rings is 1. The van der Waals surface area contributed by atoms with Crippen molar-refractivity contribution >= 4 is 45.8 Å². The standard InChI is InChI=1S/C38H43F4N11O4/c1-48-33-27(4-2-5-28(33)53(38(48)57)29-10-11-31(54)46-37(29)56)49-16-12-23(13-17-49)50(21-30(39)40)19-22-6-8-24(9-7-22)52-20-26(32(47-52)34(41)42)45-36(55)25-18-44-51-15-3-14-43-35(25)51/h2-5,14-15,18,20,22-24,29-30,34H,6-13,16-17,19,21H2,1H3,(H,45,55)(H,46,54,56)/t22-,24-,29?. The van der Waals surface area contributed by atoms with Crippen molar-refractivity contribution in [2.24, 2.45) is 13.0 Å². The lowest BCUT2D eigenvalue weighted by Gasteiger charge is -2.41. The van der Waals surface area contributed by atoms with Gasteiger partial charge >= 0.3 is 5.69 Å². The summed E-state index contributed by atoms with van der Waals surface area (Å²) < 4.78 is 62.1. The van der Waals surface area contributed by atoms with Gasteiger partial charge in [-0.3, -0.25) is 38.4 Å². The molecule has 1 aromatic carbocycles. The first kappa shape index (κ1) is 38.3. The van der Waals surface area contributed by atoms with Crippen molar-refractivity contribution < 1.29 is 31.9 Å². The minimum atomic E-state index is -2.92. The predicted molar refractivity (Wildman–Crippen MR) is 201 cm³/mol. The van der Waals surface area contributed by atoms with Gasteiger partial charge in [-0.25, -0.2) is 31.9 Å². The van der Waals surface area contributed by atoms with E-state index in [4.69, 9.17) is 0 Å². The zero-order chi connectivity index (χ0) is 40.0. The molecular formula is C38H43F4N11O4. The number of imidazole rings is 1. The van der Waals surface area contributed by atoms with Gasteiger partial charge in [0.05, 0.1) is 41.2 Å². The zero-order valence-corrected chi connectivity index (χ0v) is 31.2. The molecule has 19 heteroatoms. The van der Waals surface area contributed by atoms with Crippen molar-refractivity contribution in [2.75, 3.05) is 36.4 Å². The Kier molecular flexibility index (Phi) is 10.6. The fraction of sp³-hybridized carbons (Fsp3) is 0.500. The summed E-state index contributed by atoms with van der Waals surface area (Å²) in [5.74, 6) is -1.37. The molecule has 302 valence electrons. The largest absolute Gasteiger partial charge is 0.370 e. The highest BCUT2D eigenvalue weighted by molar-refractivity contribution is 6.08. The lowest BCUT2D eigenvalue weighted by atomic mass is 9.85. The van der Waals surface area contributed by atoms with E-state index in [0.29, 0.717) is 69.2 Å². The summed E-state index contributed by atoms with van der Waals surface area (Å²) in [6, 6.07) is 6.12. The lowest BCUT2D eigenvalue weighted by molar-refractivity contribution is -0.135. The van der Waals surface area contributed by atoms with Crippen LogP contribution < -0.4 is 21.2 Å². The van der Waals surface area contributed by atoms with E-state index in [-0.39, 0.29) is 65.9 Å². The van der Waals surface area contributed by atoms with Crippen LogP contribution >= 0.6 is 0 Å². The molecule has 6 heterocycles. The zero-order valence-electron chi connectivity index (χ0n) is 31.2. The molecule has 0 spiro atoms. The van der Waals surface area contributed by atoms with Gasteiger partial charge in [-0.1, -0.05) is 6.07 Å². The number of amides is 3. The maximum Gasteiger partial charge on any atom is 0.329 e. The molecule has 8 rings (SSSR count). The maximum atomic E-state index is 14.1. The second-order valence-electron chi connectivity index (χ2n) is 15.2. The van der Waals surface area contributed by atoms with Gasteiger partial charge < -0.3 is 10.2 Å². The number of alkyl halides is 4. The van der Waals surface area contributed by atoms with Crippen LogP contribution in [0, 0.1) is 5.92 Å². The van der Waals surface area contributed by atoms with Gasteiger partial charge in [-0.05, 0) is 69.1 Å². The number of halogens is 4. The Balaban J connectivity index is 0.906. The molecule has 2 aliphatic heterocycles. The number of hydrogen-bond donors (Lipinski definition) is 2. The molecule has 0 bridgehead atoms. The van der Waals surface area contributed by atoms with Crippen LogP contribution in [0.4, 0.5) is 28.9 Å². The highest BCUT2D eigenvalue weighted by Gasteiger charge is 2.35. The first-order valence-corrected chi connectivity index (χ1v) is 19.2. The molecule has 3 amide bonds. The van der Waals surface area contributed by atoms with Crippen LogP contribution in [-0.4, -0.2) is 94.8 Å². The highest BCUT2D eigenvalue weighted by atomic mass is 19.3. The summed E-state index contributed by atoms with van der Waals surface area (Å²) in [7, 11) is 1.66. The number of piperidine rings is 2. The minimum absolute atomic E-state index is 0.0849. The number of carbonyl (C=O) groups is 3. The van der Waals surface area contributed by atoms with E-state index in [9.17, 15) is 36.7 Å². The molecule has 1 aliphatic carbocycles. The summed E-state index contributed by atoms with van der Waals surface area (Å²) in [5.41, 5.74) is 1.52. The van der Waals surface area contributed by atoms with Crippen molar-refractivity contribution in [3.05, 3.63) is 70.8 Å². The monoisotopic (exact) mass is 793 g/mol. The molecule has 1 saturated carbocycles. The molecule has 1 atom stereocenters. The van der Waals surface area contributed by atoms with Gasteiger partial charge in [0.1, 0.15) is 11.6 Å². The van der Waals surface area contributed by atoms with Gasteiger partial charge in [0.25, 0.3) is 18.8 Å². The Labute approximate surface area is 323 Å². The van der Waals surface area contributed by atoms with Crippen LogP contribution in [0.3, 0.4) is 0 Å². The number of hydrogen-bond acceptors (Lipinski definition) is 9. The molecular weight excluding hydrogens is 750 g/mol. The van der Waals surface area contributed by atoms with Crippen molar-refractivity contribution in [3.8, 4) is 0 Å². The second-order valence-corrected chi connectivity index (χ2v) is 15.2. The molecule has 5 aromatic rings. The normalized spacial score (nSPS) is 21.1. The van der Waals surface area contributed by atoms with Gasteiger partial charge in [0, 0.05) is 57.7 Å². The smallest absolute Gasteiger partial charge is 0.329 e. The molecule has 2 saturated heterocycles. The van der Waals surface area contributed by atoms with Crippen molar-refractivity contribution in [1.82, 2.24) is 43.7 Å². The van der Waals surface area contributed by atoms with E-state index in [2.05, 4.69) is 30.7 Å². The Hall–Kier alpha value is -5.59. The summed E-state index contributed by atoms with van der Waals surface area (Å²) in [5, 5.41) is 13.2. The van der Waals surface area contributed by atoms with Crippen LogP contribution in [-0.2, 0) is 16.6 Å². The first-order chi connectivity index (χ1) is 27.5. The molecule has 0 radical (unpaired) electrons. The number of fused-ring (bicyclic) bond motifs is 2. The summed E-state index contributed by atoms with van der Waals surface area (Å²) in [6.45, 7) is 1.28. The number of aryl methyl sites for hydroxylation is 1. The van der Waals surface area contributed by atoms with E-state index in [0.717, 1.165) is 5.69 Å². The number of carbonyl (C=O) groups excluding carboxylic acids is 3. The molecule has 2 N–H and O–H groups in total. The fourth-order valence-corrected chi connectivity index (χ4v) is 8.88. The fourth-order valence-electron chi connectivity index (χ4n) is 8.88. The van der Waals surface area contributed by atoms with E-state index in [1.165, 1.54) is 36.9 Å². The van der Waals surface area contributed by atoms with Gasteiger partial charge in [0.15, 0.2) is 11.3 Å². The average molecular weight is 794 g/mol. The van der Waals surface area contributed by atoms with Gasteiger partial charge in [-0.15, -0.1) is 0 Å². The third-order valence-corrected chi connectivity index (χ3v) is 11.7. The number of nitrogens with one attached hydrogen (secondary N) is 2. The number of aromatic nitrogens is 7. The average Bonchev–Trinajstić information content (AvgIpc) is 3.89. The van der Waals surface area contributed by atoms with Gasteiger partial charge in [0.2, 0.25) is 11.8 Å². The third kappa shape index (κ3) is 7.51. The minimum Gasteiger partial charge on any atom is -0.370 e. The number of para-hydroxylation sites is 1. The summed E-state index contributed by atoms with van der Waals surface area (Å²) in [4.78, 5) is 59.2. The van der Waals surface area contributed by atoms with E-state index >= 15 is 0 Å². The first-order valence-electron chi connectivity index (χ1n) is 19.2. The number of imide groups is 1. The molecule has 1 unspecified atom stereocenters. The van der Waals surface area contributed by atoms with E-state index in [1.807, 2.05) is 17.0 Å². The van der Waals surface area contributed by atoms with Crippen LogP contribution in [0.2, 0.25) is 0 Å². The number of rotatable bonds is 11. The van der Waals surface area contributed by atoms with Gasteiger partial charge in [-0.2, -0.15) is 10.2 Å². The number of anilines is 2. The van der Waals surface area contributed by atoms with Crippen molar-refractivity contribution in [1.29, 1.82) is 0 Å². The van der Waals surface area contributed by atoms with E-state index < -0.39 is 36.4 Å². The highest BCUT2D eigenvalue weighted by Crippen LogP contribution is 2.37. The predicted octanol–water partition coefficient (Wildman–Crippen LogP) is 4.71. The SMILES string of the molecule is Cn1c(=O)n(C2CCC(=O)NC2=O)c2cccc(N3CCC(N(CC(F)F)C[C@H]4CC[C@H](n5cc(NC(=O)c6cnn7cccnc67)c(C(F)F)n5)CC4)CC3)c21. The molecule has 15 nitrogen and oxygen atoms in total. The summed E-state index contributed by atoms with van der Waals surface area (Å²) >= 11 is 0. The van der Waals surface area contributed by atoms with Crippen LogP contribution in [0.1, 0.15) is 85.9 Å². The Morgan fingerprint density at radius 2 is 1.79 bits per heavy atom. The molecule has 3 fully saturated rings. The number of nitrogens with zero attached hydrogens (tertiary/aromatic N) is 9. The summed E-state index contributed by atoms with van der Waals surface area (Å²) in [6.07, 6.45) is 4.69. The van der Waals surface area contributed by atoms with Crippen LogP contribution in [0.25, 0.3) is 16.7 Å². The van der Waals surface area contributed by atoms with Crippen LogP contribution in [0.15, 0.2) is 53.8 Å². The van der Waals surface area contributed by atoms with Crippen molar-refractivity contribution in [2.45, 2.75) is 82.3 Å². The van der Waals surface area contributed by atoms with E-state index in [1.54, 1.807) is 25.4 Å². The Morgan fingerprint density at radius 1 is 1.02 bits per heavy atom. The second kappa shape index (κ2) is 15.7. The molecule has 3 aliphatic rings. The molecule has 57 heavy (non-hydrogen) atoms.